The van der Waals surface area contributed by atoms with Crippen LogP contribution in [0.25, 0.3) is 10.2 Å². The largest absolute Gasteiger partial charge is 0.497 e. The smallest absolute Gasteiger partial charge is 0.229 e. The second-order valence-corrected chi connectivity index (χ2v) is 10.7. The van der Waals surface area contributed by atoms with Gasteiger partial charge in [0.2, 0.25) is 5.91 Å². The molecule has 0 unspecified atom stereocenters. The van der Waals surface area contributed by atoms with E-state index in [2.05, 4.69) is 9.97 Å². The molecule has 0 aliphatic carbocycles. The Bertz CT molecular complexity index is 1390. The monoisotopic (exact) mass is 499 g/mol. The molecule has 0 atom stereocenters. The molecule has 0 aliphatic rings. The summed E-state index contributed by atoms with van der Waals surface area (Å²) < 4.78 is 44.4. The number of amides is 1. The van der Waals surface area contributed by atoms with Crippen molar-refractivity contribution in [1.82, 2.24) is 9.97 Å². The van der Waals surface area contributed by atoms with E-state index < -0.39 is 15.7 Å². The van der Waals surface area contributed by atoms with Crippen LogP contribution in [0.4, 0.5) is 9.52 Å². The summed E-state index contributed by atoms with van der Waals surface area (Å²) in [5.74, 6) is -0.293. The first-order valence-corrected chi connectivity index (χ1v) is 12.9. The van der Waals surface area contributed by atoms with Gasteiger partial charge in [-0.1, -0.05) is 11.3 Å². The fourth-order valence-corrected chi connectivity index (χ4v) is 5.65. The van der Waals surface area contributed by atoms with E-state index >= 15 is 0 Å². The number of ether oxygens (including phenoxy) is 1. The molecule has 0 spiro atoms. The van der Waals surface area contributed by atoms with E-state index in [4.69, 9.17) is 4.74 Å². The average Bonchev–Trinajstić information content (AvgIpc) is 3.26. The number of carbonyl (C=O) groups is 1. The molecule has 0 radical (unpaired) electrons. The van der Waals surface area contributed by atoms with Gasteiger partial charge in [-0.3, -0.25) is 14.7 Å². The predicted molar refractivity (Wildman–Crippen MR) is 129 cm³/mol. The van der Waals surface area contributed by atoms with Crippen molar-refractivity contribution in [2.24, 2.45) is 0 Å². The number of aromatic nitrogens is 2. The third kappa shape index (κ3) is 5.57. The number of pyridine rings is 1. The van der Waals surface area contributed by atoms with Crippen LogP contribution < -0.4 is 9.64 Å². The SMILES string of the molecule is COc1ccc2sc(N(Cc3ccncc3)C(=O)CCCS(=O)(=O)c3ccc(F)cc3)nc2c1. The molecule has 2 aromatic heterocycles. The van der Waals surface area contributed by atoms with Crippen molar-refractivity contribution in [2.45, 2.75) is 24.3 Å². The highest BCUT2D eigenvalue weighted by Gasteiger charge is 2.22. The lowest BCUT2D eigenvalue weighted by molar-refractivity contribution is -0.118. The highest BCUT2D eigenvalue weighted by molar-refractivity contribution is 7.91. The van der Waals surface area contributed by atoms with Crippen molar-refractivity contribution < 1.29 is 22.3 Å². The van der Waals surface area contributed by atoms with Crippen LogP contribution in [-0.2, 0) is 21.2 Å². The van der Waals surface area contributed by atoms with Gasteiger partial charge in [0, 0.05) is 24.9 Å². The zero-order valence-corrected chi connectivity index (χ0v) is 20.0. The third-order valence-electron chi connectivity index (χ3n) is 5.18. The molecule has 4 aromatic rings. The maximum atomic E-state index is 13.2. The minimum absolute atomic E-state index is 0.0186. The van der Waals surface area contributed by atoms with E-state index in [0.29, 0.717) is 16.4 Å². The van der Waals surface area contributed by atoms with Gasteiger partial charge in [-0.25, -0.2) is 17.8 Å². The first-order chi connectivity index (χ1) is 16.4. The maximum Gasteiger partial charge on any atom is 0.229 e. The molecule has 0 fully saturated rings. The summed E-state index contributed by atoms with van der Waals surface area (Å²) in [6.45, 7) is 0.281. The molecule has 0 saturated heterocycles. The third-order valence-corrected chi connectivity index (χ3v) is 8.06. The lowest BCUT2D eigenvalue weighted by Crippen LogP contribution is -2.30. The summed E-state index contributed by atoms with van der Waals surface area (Å²) >= 11 is 1.38. The molecule has 0 aliphatic heterocycles. The van der Waals surface area contributed by atoms with Crippen molar-refractivity contribution in [3.8, 4) is 5.75 Å². The second-order valence-electron chi connectivity index (χ2n) is 7.54. The van der Waals surface area contributed by atoms with Crippen LogP contribution in [0.1, 0.15) is 18.4 Å². The number of thiazole rings is 1. The highest BCUT2D eigenvalue weighted by Crippen LogP contribution is 2.32. The molecule has 7 nitrogen and oxygen atoms in total. The van der Waals surface area contributed by atoms with Gasteiger partial charge in [0.25, 0.3) is 0 Å². The van der Waals surface area contributed by atoms with Crippen LogP contribution in [0, 0.1) is 5.82 Å². The molecule has 2 aromatic carbocycles. The van der Waals surface area contributed by atoms with Crippen molar-refractivity contribution in [2.75, 3.05) is 17.8 Å². The van der Waals surface area contributed by atoms with Crippen molar-refractivity contribution in [1.29, 1.82) is 0 Å². The Morgan fingerprint density at radius 1 is 1.09 bits per heavy atom. The van der Waals surface area contributed by atoms with Gasteiger partial charge in [-0.05, 0) is 60.5 Å². The summed E-state index contributed by atoms with van der Waals surface area (Å²) in [5, 5.41) is 0.520. The molecule has 10 heteroatoms. The second kappa shape index (κ2) is 10.3. The molecule has 176 valence electrons. The Labute approximate surface area is 200 Å². The van der Waals surface area contributed by atoms with Crippen molar-refractivity contribution in [3.05, 3.63) is 78.4 Å². The van der Waals surface area contributed by atoms with Crippen LogP contribution in [0.2, 0.25) is 0 Å². The predicted octanol–water partition coefficient (Wildman–Crippen LogP) is 4.63. The first-order valence-electron chi connectivity index (χ1n) is 10.5. The summed E-state index contributed by atoms with van der Waals surface area (Å²) in [5.41, 5.74) is 1.59. The normalized spacial score (nSPS) is 11.5. The molecule has 1 amide bonds. The molecule has 0 N–H and O–H groups in total. The number of hydrogen-bond acceptors (Lipinski definition) is 7. The Morgan fingerprint density at radius 2 is 1.82 bits per heavy atom. The Morgan fingerprint density at radius 3 is 2.53 bits per heavy atom. The van der Waals surface area contributed by atoms with E-state index in [9.17, 15) is 17.6 Å². The minimum atomic E-state index is -3.62. The number of hydrogen-bond donors (Lipinski definition) is 0. The first kappa shape index (κ1) is 23.8. The van der Waals surface area contributed by atoms with Gasteiger partial charge in [0.1, 0.15) is 11.6 Å². The van der Waals surface area contributed by atoms with Crippen LogP contribution in [-0.4, -0.2) is 37.2 Å². The number of rotatable bonds is 9. The topological polar surface area (TPSA) is 89.5 Å². The quantitative estimate of drug-likeness (QED) is 0.312. The number of halogens is 1. The van der Waals surface area contributed by atoms with Crippen molar-refractivity contribution in [3.63, 3.8) is 0 Å². The van der Waals surface area contributed by atoms with E-state index in [-0.39, 0.29) is 35.9 Å². The highest BCUT2D eigenvalue weighted by atomic mass is 32.2. The van der Waals surface area contributed by atoms with Crippen LogP contribution >= 0.6 is 11.3 Å². The molecule has 34 heavy (non-hydrogen) atoms. The van der Waals surface area contributed by atoms with Gasteiger partial charge in [0.15, 0.2) is 15.0 Å². The Kier molecular flexibility index (Phi) is 7.18. The molecule has 2 heterocycles. The molecular formula is C24H22FN3O4S2. The van der Waals surface area contributed by atoms with E-state index in [1.54, 1.807) is 30.5 Å². The lowest BCUT2D eigenvalue weighted by Gasteiger charge is -2.20. The van der Waals surface area contributed by atoms with Crippen LogP contribution in [0.3, 0.4) is 0 Å². The number of fused-ring (bicyclic) bond motifs is 1. The fraction of sp³-hybridized carbons (Fsp3) is 0.208. The Hall–Kier alpha value is -3.37. The van der Waals surface area contributed by atoms with Crippen molar-refractivity contribution >= 4 is 42.4 Å². The Balaban J connectivity index is 1.53. The number of benzene rings is 2. The number of nitrogens with zero attached hydrogens (tertiary/aromatic N) is 3. The fourth-order valence-electron chi connectivity index (χ4n) is 3.38. The van der Waals surface area contributed by atoms with Gasteiger partial charge >= 0.3 is 0 Å². The summed E-state index contributed by atoms with van der Waals surface area (Å²) in [6, 6.07) is 13.8. The minimum Gasteiger partial charge on any atom is -0.497 e. The molecule has 4 rings (SSSR count). The summed E-state index contributed by atoms with van der Waals surface area (Å²) in [6.07, 6.45) is 3.45. The number of sulfone groups is 1. The zero-order chi connectivity index (χ0) is 24.1. The number of carbonyl (C=O) groups excluding carboxylic acids is 1. The summed E-state index contributed by atoms with van der Waals surface area (Å²) in [4.78, 5) is 23.5. The zero-order valence-electron chi connectivity index (χ0n) is 18.3. The summed E-state index contributed by atoms with van der Waals surface area (Å²) in [7, 11) is -2.05. The van der Waals surface area contributed by atoms with E-state index in [1.807, 2.05) is 24.3 Å². The van der Waals surface area contributed by atoms with Gasteiger partial charge in [-0.2, -0.15) is 0 Å². The standard InChI is InChI=1S/C24H22FN3O4S2/c1-32-19-6-9-22-21(15-19)27-24(33-22)28(16-17-10-12-26-13-11-17)23(29)3-2-14-34(30,31)20-7-4-18(25)5-8-20/h4-13,15H,2-3,14,16H2,1H3. The van der Waals surface area contributed by atoms with Crippen LogP contribution in [0.5, 0.6) is 5.75 Å². The van der Waals surface area contributed by atoms with Gasteiger partial charge in [0.05, 0.1) is 34.5 Å². The number of methoxy groups -OCH3 is 1. The van der Waals surface area contributed by atoms with Gasteiger partial charge in [-0.15, -0.1) is 0 Å². The lowest BCUT2D eigenvalue weighted by atomic mass is 10.2. The average molecular weight is 500 g/mol. The van der Waals surface area contributed by atoms with E-state index in [0.717, 1.165) is 22.4 Å². The molecule has 0 bridgehead atoms. The van der Waals surface area contributed by atoms with Crippen LogP contribution in [0.15, 0.2) is 71.9 Å². The molecule has 0 saturated carbocycles. The molecular weight excluding hydrogens is 477 g/mol. The van der Waals surface area contributed by atoms with Gasteiger partial charge < -0.3 is 4.74 Å². The number of anilines is 1. The van der Waals surface area contributed by atoms with E-state index in [1.165, 1.54) is 23.5 Å². The maximum absolute atomic E-state index is 13.2.